The van der Waals surface area contributed by atoms with E-state index < -0.39 is 0 Å². The van der Waals surface area contributed by atoms with E-state index in [-0.39, 0.29) is 4.93 Å². The molecule has 12 heavy (non-hydrogen) atoms. The average molecular weight is 190 g/mol. The minimum Gasteiger partial charge on any atom is -0.371 e. The van der Waals surface area contributed by atoms with Crippen LogP contribution < -0.4 is 0 Å². The predicted molar refractivity (Wildman–Crippen MR) is 52.3 cm³/mol. The van der Waals surface area contributed by atoms with Crippen LogP contribution in [0.3, 0.4) is 0 Å². The Hall–Kier alpha value is 0.270. The topological polar surface area (TPSA) is 18.5 Å². The normalized spacial score (nSPS) is 35.8. The smallest absolute Gasteiger partial charge is 0.115 e. The number of hydrogen-bond donors (Lipinski definition) is 0. The maximum atomic E-state index is 5.55. The molecule has 1 fully saturated rings. The van der Waals surface area contributed by atoms with Crippen LogP contribution >= 0.6 is 11.8 Å². The summed E-state index contributed by atoms with van der Waals surface area (Å²) >= 11 is 1.84. The molecule has 1 rings (SSSR count). The van der Waals surface area contributed by atoms with Crippen LogP contribution in [0.15, 0.2) is 0 Å². The van der Waals surface area contributed by atoms with Crippen molar-refractivity contribution in [2.45, 2.75) is 43.0 Å². The summed E-state index contributed by atoms with van der Waals surface area (Å²) in [6.45, 7) is 2.20. The van der Waals surface area contributed by atoms with Gasteiger partial charge in [-0.2, -0.15) is 0 Å². The van der Waals surface area contributed by atoms with Crippen molar-refractivity contribution >= 4 is 11.8 Å². The van der Waals surface area contributed by atoms with E-state index in [0.29, 0.717) is 5.44 Å². The molecule has 0 amide bonds. The standard InChI is InChI=1S/C9H18O2S/c1-4-6-9(11-3)7-5-8(10-2)12-9/h8H,4-7H2,1-3H3. The summed E-state index contributed by atoms with van der Waals surface area (Å²) in [5.74, 6) is 0. The highest BCUT2D eigenvalue weighted by Crippen LogP contribution is 2.46. The molecule has 1 aliphatic rings. The van der Waals surface area contributed by atoms with Gasteiger partial charge in [0.15, 0.2) is 0 Å². The molecule has 0 aromatic heterocycles. The van der Waals surface area contributed by atoms with Gasteiger partial charge in [0.05, 0.1) is 0 Å². The summed E-state index contributed by atoms with van der Waals surface area (Å²) in [5.41, 5.74) is 0.344. The van der Waals surface area contributed by atoms with Crippen LogP contribution in [0.2, 0.25) is 0 Å². The van der Waals surface area contributed by atoms with Gasteiger partial charge in [-0.25, -0.2) is 0 Å². The van der Waals surface area contributed by atoms with E-state index in [1.165, 1.54) is 6.42 Å². The fraction of sp³-hybridized carbons (Fsp3) is 1.00. The zero-order chi connectivity index (χ0) is 9.03. The second kappa shape index (κ2) is 4.49. The largest absolute Gasteiger partial charge is 0.371 e. The lowest BCUT2D eigenvalue weighted by molar-refractivity contribution is 0.0598. The van der Waals surface area contributed by atoms with E-state index in [0.717, 1.165) is 19.3 Å². The molecular formula is C9H18O2S. The van der Waals surface area contributed by atoms with Gasteiger partial charge in [-0.15, -0.1) is 0 Å². The summed E-state index contributed by atoms with van der Waals surface area (Å²) in [5, 5.41) is 0. The number of methoxy groups -OCH3 is 2. The maximum absolute atomic E-state index is 5.55. The number of thioether (sulfide) groups is 1. The van der Waals surface area contributed by atoms with E-state index in [1.807, 2.05) is 11.8 Å². The number of rotatable bonds is 4. The van der Waals surface area contributed by atoms with Gasteiger partial charge in [0.2, 0.25) is 0 Å². The molecule has 1 heterocycles. The zero-order valence-electron chi connectivity index (χ0n) is 8.13. The second-order valence-electron chi connectivity index (χ2n) is 3.19. The Morgan fingerprint density at radius 2 is 2.25 bits per heavy atom. The zero-order valence-corrected chi connectivity index (χ0v) is 8.95. The Balaban J connectivity index is 2.47. The molecule has 0 aromatic carbocycles. The van der Waals surface area contributed by atoms with E-state index in [9.17, 15) is 0 Å². The van der Waals surface area contributed by atoms with Gasteiger partial charge in [-0.3, -0.25) is 0 Å². The van der Waals surface area contributed by atoms with Gasteiger partial charge in [0, 0.05) is 14.2 Å². The van der Waals surface area contributed by atoms with Crippen molar-refractivity contribution in [3.63, 3.8) is 0 Å². The van der Waals surface area contributed by atoms with Crippen molar-refractivity contribution in [2.24, 2.45) is 0 Å². The third kappa shape index (κ3) is 2.15. The molecule has 0 bridgehead atoms. The van der Waals surface area contributed by atoms with E-state index in [1.54, 1.807) is 14.2 Å². The molecule has 0 aliphatic carbocycles. The van der Waals surface area contributed by atoms with Crippen LogP contribution in [0.5, 0.6) is 0 Å². The van der Waals surface area contributed by atoms with Gasteiger partial charge >= 0.3 is 0 Å². The van der Waals surface area contributed by atoms with Crippen LogP contribution in [-0.2, 0) is 9.47 Å². The third-order valence-electron chi connectivity index (χ3n) is 2.37. The molecule has 0 radical (unpaired) electrons. The fourth-order valence-electron chi connectivity index (χ4n) is 1.68. The summed E-state index contributed by atoms with van der Waals surface area (Å²) in [4.78, 5) is 0.0510. The van der Waals surface area contributed by atoms with Gasteiger partial charge in [0.1, 0.15) is 10.4 Å². The average Bonchev–Trinajstić information content (AvgIpc) is 2.50. The van der Waals surface area contributed by atoms with Crippen LogP contribution in [0.25, 0.3) is 0 Å². The van der Waals surface area contributed by atoms with Gasteiger partial charge in [-0.05, 0) is 19.3 Å². The van der Waals surface area contributed by atoms with E-state index in [4.69, 9.17) is 9.47 Å². The molecule has 0 spiro atoms. The van der Waals surface area contributed by atoms with Crippen LogP contribution in [0, 0.1) is 0 Å². The highest BCUT2D eigenvalue weighted by atomic mass is 32.2. The quantitative estimate of drug-likeness (QED) is 0.679. The molecule has 2 nitrogen and oxygen atoms in total. The Morgan fingerprint density at radius 3 is 2.67 bits per heavy atom. The highest BCUT2D eigenvalue weighted by molar-refractivity contribution is 8.01. The molecule has 0 aromatic rings. The third-order valence-corrected chi connectivity index (χ3v) is 4.07. The molecule has 1 aliphatic heterocycles. The van der Waals surface area contributed by atoms with Crippen LogP contribution in [-0.4, -0.2) is 24.6 Å². The van der Waals surface area contributed by atoms with Crippen molar-refractivity contribution in [3.05, 3.63) is 0 Å². The molecule has 0 N–H and O–H groups in total. The molecule has 2 unspecified atom stereocenters. The van der Waals surface area contributed by atoms with Crippen molar-refractivity contribution in [3.8, 4) is 0 Å². The predicted octanol–water partition coefficient (Wildman–Crippen LogP) is 2.63. The monoisotopic (exact) mass is 190 g/mol. The second-order valence-corrected chi connectivity index (χ2v) is 4.69. The Kier molecular flexibility index (Phi) is 3.87. The first kappa shape index (κ1) is 10.4. The first-order valence-electron chi connectivity index (χ1n) is 4.52. The Labute approximate surface area is 79.0 Å². The summed E-state index contributed by atoms with van der Waals surface area (Å²) in [6.07, 6.45) is 4.56. The molecule has 2 atom stereocenters. The lowest BCUT2D eigenvalue weighted by atomic mass is 10.1. The van der Waals surface area contributed by atoms with Gasteiger partial charge in [-0.1, -0.05) is 25.1 Å². The summed E-state index contributed by atoms with van der Waals surface area (Å²) in [6, 6.07) is 0. The van der Waals surface area contributed by atoms with Crippen molar-refractivity contribution in [1.82, 2.24) is 0 Å². The molecule has 0 saturated carbocycles. The van der Waals surface area contributed by atoms with Crippen molar-refractivity contribution in [2.75, 3.05) is 14.2 Å². The fourth-order valence-corrected chi connectivity index (χ4v) is 3.14. The SMILES string of the molecule is CCCC1(OC)CCC(OC)S1. The highest BCUT2D eigenvalue weighted by Gasteiger charge is 2.39. The first-order chi connectivity index (χ1) is 5.76. The minimum absolute atomic E-state index is 0.0510. The van der Waals surface area contributed by atoms with Crippen LogP contribution in [0.4, 0.5) is 0 Å². The lowest BCUT2D eigenvalue weighted by Crippen LogP contribution is -2.23. The number of hydrogen-bond acceptors (Lipinski definition) is 3. The van der Waals surface area contributed by atoms with E-state index in [2.05, 4.69) is 6.92 Å². The molecule has 3 heteroatoms. The van der Waals surface area contributed by atoms with Crippen molar-refractivity contribution in [1.29, 1.82) is 0 Å². The lowest BCUT2D eigenvalue weighted by Gasteiger charge is -2.26. The first-order valence-corrected chi connectivity index (χ1v) is 5.40. The summed E-state index contributed by atoms with van der Waals surface area (Å²) < 4.78 is 10.9. The molecule has 72 valence electrons. The summed E-state index contributed by atoms with van der Waals surface area (Å²) in [7, 11) is 3.58. The van der Waals surface area contributed by atoms with Crippen LogP contribution in [0.1, 0.15) is 32.6 Å². The molecule has 1 saturated heterocycles. The molecular weight excluding hydrogens is 172 g/mol. The van der Waals surface area contributed by atoms with Gasteiger partial charge in [0.25, 0.3) is 0 Å². The minimum atomic E-state index is 0.0510. The van der Waals surface area contributed by atoms with Crippen molar-refractivity contribution < 1.29 is 9.47 Å². The van der Waals surface area contributed by atoms with E-state index >= 15 is 0 Å². The van der Waals surface area contributed by atoms with Gasteiger partial charge < -0.3 is 9.47 Å². The maximum Gasteiger partial charge on any atom is 0.115 e. The Morgan fingerprint density at radius 1 is 1.50 bits per heavy atom. The number of ether oxygens (including phenoxy) is 2. The Bertz CT molecular complexity index is 140.